The topological polar surface area (TPSA) is 76.2 Å². The number of ether oxygens (including phenoxy) is 2. The number of hydrogen-bond donors (Lipinski definition) is 0. The summed E-state index contributed by atoms with van der Waals surface area (Å²) < 4.78 is 22.8. The number of carbonyl (C=O) groups excluding carboxylic acids is 3. The van der Waals surface area contributed by atoms with Gasteiger partial charge in [0.15, 0.2) is 0 Å². The first-order chi connectivity index (χ1) is 12.0. The number of amides is 1. The Kier molecular flexibility index (Phi) is 6.46. The lowest BCUT2D eigenvalue weighted by Gasteiger charge is -2.35. The molecule has 7 nitrogen and oxygen atoms in total. The zero-order chi connectivity index (χ0) is 18.4. The molecular formula is C17H21FN2O5. The average molecular weight is 352 g/mol. The molecule has 0 unspecified atom stereocenters. The zero-order valence-electron chi connectivity index (χ0n) is 14.2. The Labute approximate surface area is 145 Å². The molecule has 0 saturated carbocycles. The third-order valence-corrected chi connectivity index (χ3v) is 4.04. The molecule has 25 heavy (non-hydrogen) atoms. The monoisotopic (exact) mass is 352 g/mol. The lowest BCUT2D eigenvalue weighted by Crippen LogP contribution is -2.51. The molecule has 1 saturated heterocycles. The summed E-state index contributed by atoms with van der Waals surface area (Å²) in [4.78, 5) is 36.0. The fourth-order valence-electron chi connectivity index (χ4n) is 2.83. The van der Waals surface area contributed by atoms with E-state index in [9.17, 15) is 18.8 Å². The number of rotatable bonds is 6. The third-order valence-electron chi connectivity index (χ3n) is 4.04. The Morgan fingerprint density at radius 3 is 2.68 bits per heavy atom. The number of nitrogens with zero attached hydrogens (tertiary/aromatic N) is 2. The highest BCUT2D eigenvalue weighted by molar-refractivity contribution is 5.94. The first-order valence-electron chi connectivity index (χ1n) is 7.92. The maximum absolute atomic E-state index is 13.5. The van der Waals surface area contributed by atoms with Gasteiger partial charge in [-0.15, -0.1) is 0 Å². The molecule has 1 amide bonds. The van der Waals surface area contributed by atoms with Gasteiger partial charge in [-0.1, -0.05) is 12.1 Å². The van der Waals surface area contributed by atoms with Crippen molar-refractivity contribution in [1.82, 2.24) is 10.0 Å². The Bertz CT molecular complexity index is 652. The second kappa shape index (κ2) is 8.57. The van der Waals surface area contributed by atoms with Crippen molar-refractivity contribution < 1.29 is 28.2 Å². The number of benzene rings is 1. The van der Waals surface area contributed by atoms with E-state index < -0.39 is 36.1 Å². The molecule has 2 rings (SSSR count). The van der Waals surface area contributed by atoms with Gasteiger partial charge in [0.1, 0.15) is 18.3 Å². The summed E-state index contributed by atoms with van der Waals surface area (Å²) in [5.74, 6) is -2.08. The summed E-state index contributed by atoms with van der Waals surface area (Å²) in [6.07, 6.45) is 0.777. The normalized spacial score (nSPS) is 17.2. The van der Waals surface area contributed by atoms with Crippen LogP contribution in [-0.4, -0.2) is 54.7 Å². The Morgan fingerprint density at radius 1 is 1.28 bits per heavy atom. The standard InChI is InChI=1S/C17H21FN2O5/c1-24-16(22)10-15(21)20(11-12-5-3-6-13(18)9-12)19-8-4-7-14(19)17(23)25-2/h3,5-6,9,14H,4,7-8,10-11H2,1-2H3/t14-/m0/s1. The van der Waals surface area contributed by atoms with E-state index in [1.165, 1.54) is 37.4 Å². The van der Waals surface area contributed by atoms with E-state index in [1.54, 1.807) is 11.1 Å². The van der Waals surface area contributed by atoms with E-state index in [-0.39, 0.29) is 6.54 Å². The maximum atomic E-state index is 13.5. The lowest BCUT2D eigenvalue weighted by atomic mass is 10.2. The maximum Gasteiger partial charge on any atom is 0.324 e. The molecule has 0 bridgehead atoms. The minimum atomic E-state index is -0.678. The molecule has 0 spiro atoms. The number of esters is 2. The van der Waals surface area contributed by atoms with Crippen LogP contribution in [-0.2, 0) is 30.4 Å². The summed E-state index contributed by atoms with van der Waals surface area (Å²) in [7, 11) is 2.48. The SMILES string of the molecule is COC(=O)CC(=O)N(Cc1cccc(F)c1)N1CCC[C@H]1C(=O)OC. The molecule has 0 N–H and O–H groups in total. The van der Waals surface area contributed by atoms with Gasteiger partial charge in [-0.05, 0) is 30.5 Å². The Balaban J connectivity index is 2.26. The Morgan fingerprint density at radius 2 is 2.04 bits per heavy atom. The predicted octanol–water partition coefficient (Wildman–Crippen LogP) is 1.27. The van der Waals surface area contributed by atoms with Crippen LogP contribution in [0.15, 0.2) is 24.3 Å². The number of methoxy groups -OCH3 is 2. The van der Waals surface area contributed by atoms with Crippen LogP contribution >= 0.6 is 0 Å². The first kappa shape index (κ1) is 18.9. The van der Waals surface area contributed by atoms with Gasteiger partial charge in [0.05, 0.1) is 20.8 Å². The minimum Gasteiger partial charge on any atom is -0.469 e. The number of halogens is 1. The fraction of sp³-hybridized carbons (Fsp3) is 0.471. The van der Waals surface area contributed by atoms with Gasteiger partial charge in [-0.25, -0.2) is 9.40 Å². The predicted molar refractivity (Wildman–Crippen MR) is 85.3 cm³/mol. The van der Waals surface area contributed by atoms with E-state index in [4.69, 9.17) is 4.74 Å². The lowest BCUT2D eigenvalue weighted by molar-refractivity contribution is -0.166. The molecular weight excluding hydrogens is 331 g/mol. The number of hydrazine groups is 1. The molecule has 8 heteroatoms. The van der Waals surface area contributed by atoms with E-state index >= 15 is 0 Å². The van der Waals surface area contributed by atoms with Crippen molar-refractivity contribution in [2.45, 2.75) is 31.8 Å². The molecule has 1 aliphatic rings. The molecule has 1 heterocycles. The van der Waals surface area contributed by atoms with E-state index in [0.29, 0.717) is 24.9 Å². The van der Waals surface area contributed by atoms with Gasteiger partial charge in [-0.3, -0.25) is 19.4 Å². The summed E-state index contributed by atoms with van der Waals surface area (Å²) in [5, 5.41) is 2.89. The highest BCUT2D eigenvalue weighted by Crippen LogP contribution is 2.23. The van der Waals surface area contributed by atoms with Gasteiger partial charge >= 0.3 is 11.9 Å². The Hall–Kier alpha value is -2.48. The smallest absolute Gasteiger partial charge is 0.324 e. The zero-order valence-corrected chi connectivity index (χ0v) is 14.2. The van der Waals surface area contributed by atoms with Gasteiger partial charge in [0.25, 0.3) is 0 Å². The highest BCUT2D eigenvalue weighted by atomic mass is 19.1. The molecule has 1 aromatic rings. The van der Waals surface area contributed by atoms with E-state index in [0.717, 1.165) is 0 Å². The van der Waals surface area contributed by atoms with Crippen molar-refractivity contribution in [2.24, 2.45) is 0 Å². The van der Waals surface area contributed by atoms with Crippen LogP contribution in [0.2, 0.25) is 0 Å². The average Bonchev–Trinajstić information content (AvgIpc) is 3.08. The van der Waals surface area contributed by atoms with Crippen LogP contribution in [0.1, 0.15) is 24.8 Å². The molecule has 0 radical (unpaired) electrons. The molecule has 136 valence electrons. The van der Waals surface area contributed by atoms with Gasteiger partial charge in [0.2, 0.25) is 5.91 Å². The largest absolute Gasteiger partial charge is 0.469 e. The molecule has 1 fully saturated rings. The van der Waals surface area contributed by atoms with Gasteiger partial charge in [-0.2, -0.15) is 0 Å². The summed E-state index contributed by atoms with van der Waals surface area (Å²) >= 11 is 0. The quantitative estimate of drug-likeness (QED) is 0.567. The molecule has 1 aliphatic heterocycles. The fourth-order valence-corrected chi connectivity index (χ4v) is 2.83. The molecule has 0 aromatic heterocycles. The van der Waals surface area contributed by atoms with Crippen molar-refractivity contribution in [3.05, 3.63) is 35.6 Å². The van der Waals surface area contributed by atoms with Crippen LogP contribution in [0.3, 0.4) is 0 Å². The second-order valence-electron chi connectivity index (χ2n) is 5.68. The van der Waals surface area contributed by atoms with Crippen LogP contribution < -0.4 is 0 Å². The van der Waals surface area contributed by atoms with E-state index in [2.05, 4.69) is 4.74 Å². The summed E-state index contributed by atoms with van der Waals surface area (Å²) in [6, 6.07) is 5.21. The van der Waals surface area contributed by atoms with Gasteiger partial charge < -0.3 is 9.47 Å². The second-order valence-corrected chi connectivity index (χ2v) is 5.68. The van der Waals surface area contributed by atoms with Crippen molar-refractivity contribution in [3.8, 4) is 0 Å². The van der Waals surface area contributed by atoms with E-state index in [1.807, 2.05) is 0 Å². The first-order valence-corrected chi connectivity index (χ1v) is 7.92. The molecule has 1 aromatic carbocycles. The van der Waals surface area contributed by atoms with Crippen LogP contribution in [0.4, 0.5) is 4.39 Å². The molecule has 0 aliphatic carbocycles. The van der Waals surface area contributed by atoms with Crippen LogP contribution in [0.5, 0.6) is 0 Å². The summed E-state index contributed by atoms with van der Waals surface area (Å²) in [6.45, 7) is 0.503. The van der Waals surface area contributed by atoms with Crippen LogP contribution in [0, 0.1) is 5.82 Å². The van der Waals surface area contributed by atoms with Crippen LogP contribution in [0.25, 0.3) is 0 Å². The van der Waals surface area contributed by atoms with Gasteiger partial charge in [0, 0.05) is 6.54 Å². The van der Waals surface area contributed by atoms with Crippen molar-refractivity contribution in [3.63, 3.8) is 0 Å². The molecule has 1 atom stereocenters. The van der Waals surface area contributed by atoms with Crippen molar-refractivity contribution in [1.29, 1.82) is 0 Å². The third kappa shape index (κ3) is 4.76. The number of hydrogen-bond acceptors (Lipinski definition) is 6. The summed E-state index contributed by atoms with van der Waals surface area (Å²) in [5.41, 5.74) is 0.550. The minimum absolute atomic E-state index is 0.0427. The van der Waals surface area contributed by atoms with Crippen molar-refractivity contribution >= 4 is 17.8 Å². The number of carbonyl (C=O) groups is 3. The van der Waals surface area contributed by atoms with Crippen molar-refractivity contribution in [2.75, 3.05) is 20.8 Å². The highest BCUT2D eigenvalue weighted by Gasteiger charge is 2.37.